The van der Waals surface area contributed by atoms with Crippen LogP contribution in [0.15, 0.2) is 30.5 Å². The van der Waals surface area contributed by atoms with Gasteiger partial charge in [-0.2, -0.15) is 0 Å². The fraction of sp³-hybridized carbons (Fsp3) is 0.600. The zero-order chi connectivity index (χ0) is 20.0. The second kappa shape index (κ2) is 5.74. The minimum absolute atomic E-state index is 0.276. The van der Waals surface area contributed by atoms with Crippen molar-refractivity contribution in [3.8, 4) is 0 Å². The van der Waals surface area contributed by atoms with Crippen LogP contribution in [0.2, 0.25) is 0 Å². The number of nitrogens with zero attached hydrogens (tertiary/aromatic N) is 3. The molecule has 0 amide bonds. The summed E-state index contributed by atoms with van der Waals surface area (Å²) in [6, 6.07) is 9.94. The van der Waals surface area contributed by atoms with Crippen molar-refractivity contribution in [1.29, 1.82) is 0 Å². The summed E-state index contributed by atoms with van der Waals surface area (Å²) in [7, 11) is 0. The van der Waals surface area contributed by atoms with Gasteiger partial charge < -0.3 is 10.6 Å². The van der Waals surface area contributed by atoms with Gasteiger partial charge in [-0.3, -0.25) is 0 Å². The van der Waals surface area contributed by atoms with Gasteiger partial charge in [-0.05, 0) is 79.7 Å². The van der Waals surface area contributed by atoms with Crippen LogP contribution in [0.3, 0.4) is 0 Å². The average molecular weight is 389 g/mol. The average Bonchev–Trinajstić information content (AvgIpc) is 2.83. The smallest absolute Gasteiger partial charge is 0.226 e. The number of rotatable bonds is 3. The van der Waals surface area contributed by atoms with E-state index in [4.69, 9.17) is 15.7 Å². The Bertz CT molecular complexity index is 987. The van der Waals surface area contributed by atoms with Gasteiger partial charge >= 0.3 is 0 Å². The Labute approximate surface area is 173 Å². The Kier molecular flexibility index (Phi) is 3.51. The summed E-state index contributed by atoms with van der Waals surface area (Å²) < 4.78 is 0. The van der Waals surface area contributed by atoms with E-state index in [1.165, 1.54) is 38.5 Å². The van der Waals surface area contributed by atoms with Gasteiger partial charge in [0.2, 0.25) is 5.95 Å². The first-order valence-corrected chi connectivity index (χ1v) is 11.5. The lowest BCUT2D eigenvalue weighted by Gasteiger charge is -2.65. The van der Waals surface area contributed by atoms with Gasteiger partial charge in [0.05, 0.1) is 0 Å². The predicted molar refractivity (Wildman–Crippen MR) is 117 cm³/mol. The molecule has 2 N–H and O–H groups in total. The van der Waals surface area contributed by atoms with Crippen LogP contribution in [0.5, 0.6) is 0 Å². The van der Waals surface area contributed by atoms with Crippen LogP contribution in [0, 0.1) is 24.2 Å². The molecule has 2 heterocycles. The quantitative estimate of drug-likeness (QED) is 0.777. The zero-order valence-electron chi connectivity index (χ0n) is 17.9. The Morgan fingerprint density at radius 1 is 1.24 bits per heavy atom. The Balaban J connectivity index is 1.54. The van der Waals surface area contributed by atoms with Crippen molar-refractivity contribution >= 4 is 11.6 Å². The number of hydrogen-bond acceptors (Lipinski definition) is 4. The van der Waals surface area contributed by atoms with Gasteiger partial charge in [-0.1, -0.05) is 26.3 Å². The van der Waals surface area contributed by atoms with Crippen LogP contribution in [0.1, 0.15) is 62.8 Å². The summed E-state index contributed by atoms with van der Waals surface area (Å²) in [6.07, 6.45) is 9.56. The van der Waals surface area contributed by atoms with Crippen molar-refractivity contribution in [2.45, 2.75) is 76.8 Å². The van der Waals surface area contributed by atoms with E-state index >= 15 is 0 Å². The number of anilines is 2. The molecule has 2 bridgehead atoms. The van der Waals surface area contributed by atoms with Gasteiger partial charge in [0.25, 0.3) is 0 Å². The Hall–Kier alpha value is -2.10. The first kappa shape index (κ1) is 17.7. The molecule has 2 aromatic rings. The van der Waals surface area contributed by atoms with Crippen molar-refractivity contribution in [2.24, 2.45) is 17.3 Å². The highest BCUT2D eigenvalue weighted by Crippen LogP contribution is 2.76. The normalized spacial score (nSPS) is 38.9. The molecule has 4 aliphatic rings. The second-order valence-corrected chi connectivity index (χ2v) is 10.2. The summed E-state index contributed by atoms with van der Waals surface area (Å²) in [5.41, 5.74) is 12.2. The van der Waals surface area contributed by atoms with Crippen molar-refractivity contribution in [3.63, 3.8) is 0 Å². The van der Waals surface area contributed by atoms with Gasteiger partial charge in [0.1, 0.15) is 0 Å². The molecule has 3 fully saturated rings. The number of hydrogen-bond donors (Lipinski definition) is 1. The molecular formula is C25H32N4. The molecule has 5 unspecified atom stereocenters. The highest BCUT2D eigenvalue weighted by Gasteiger charge is 2.76. The number of aromatic nitrogens is 2. The lowest BCUT2D eigenvalue weighted by molar-refractivity contribution is -0.0280. The first-order chi connectivity index (χ1) is 14.0. The van der Waals surface area contributed by atoms with Crippen molar-refractivity contribution in [3.05, 3.63) is 47.3 Å². The molecule has 3 aliphatic carbocycles. The second-order valence-electron chi connectivity index (χ2n) is 10.2. The minimum atomic E-state index is 0.276. The minimum Gasteiger partial charge on any atom is -0.399 e. The third-order valence-corrected chi connectivity index (χ3v) is 9.20. The molecule has 1 aromatic carbocycles. The van der Waals surface area contributed by atoms with E-state index in [9.17, 15) is 0 Å². The number of nitrogen functional groups attached to an aromatic ring is 1. The summed E-state index contributed by atoms with van der Waals surface area (Å²) in [5.74, 6) is 2.39. The van der Waals surface area contributed by atoms with E-state index < -0.39 is 0 Å². The third-order valence-electron chi connectivity index (χ3n) is 9.20. The summed E-state index contributed by atoms with van der Waals surface area (Å²) in [5, 5.41) is 0. The maximum atomic E-state index is 6.35. The van der Waals surface area contributed by atoms with Crippen LogP contribution < -0.4 is 10.6 Å². The molecule has 1 saturated heterocycles. The largest absolute Gasteiger partial charge is 0.399 e. The molecule has 1 aliphatic heterocycles. The number of fused-ring (bicyclic) bond motifs is 1. The van der Waals surface area contributed by atoms with Gasteiger partial charge in [-0.25, -0.2) is 9.97 Å². The van der Waals surface area contributed by atoms with Crippen LogP contribution >= 0.6 is 0 Å². The van der Waals surface area contributed by atoms with E-state index in [-0.39, 0.29) is 5.41 Å². The SMILES string of the molecule is CCCC12c3cc(N)ccc3CC(C)C13CCC1C2[C@H](C3)N1c1nccc(C)n1. The highest BCUT2D eigenvalue weighted by atomic mass is 15.4. The van der Waals surface area contributed by atoms with Gasteiger partial charge in [0.15, 0.2) is 0 Å². The fourth-order valence-electron chi connectivity index (χ4n) is 8.41. The topological polar surface area (TPSA) is 55.0 Å². The summed E-state index contributed by atoms with van der Waals surface area (Å²) >= 11 is 0. The lowest BCUT2D eigenvalue weighted by atomic mass is 9.43. The summed E-state index contributed by atoms with van der Waals surface area (Å²) in [6.45, 7) is 6.98. The molecule has 2 saturated carbocycles. The van der Waals surface area contributed by atoms with E-state index in [2.05, 4.69) is 43.9 Å². The number of aryl methyl sites for hydroxylation is 1. The van der Waals surface area contributed by atoms with Crippen molar-refractivity contribution in [1.82, 2.24) is 9.97 Å². The van der Waals surface area contributed by atoms with Crippen LogP contribution in [0.25, 0.3) is 0 Å². The van der Waals surface area contributed by atoms with Crippen LogP contribution in [-0.4, -0.2) is 22.1 Å². The molecule has 0 radical (unpaired) electrons. The predicted octanol–water partition coefficient (Wildman–Crippen LogP) is 4.65. The molecule has 0 spiro atoms. The fourth-order valence-corrected chi connectivity index (χ4v) is 8.41. The highest BCUT2D eigenvalue weighted by molar-refractivity contribution is 5.57. The lowest BCUT2D eigenvalue weighted by Crippen LogP contribution is -2.70. The monoisotopic (exact) mass is 388 g/mol. The number of nitrogens with two attached hydrogens (primary N) is 1. The number of benzene rings is 1. The van der Waals surface area contributed by atoms with E-state index in [1.54, 1.807) is 11.1 Å². The molecule has 4 heteroatoms. The molecule has 1 aromatic heterocycles. The van der Waals surface area contributed by atoms with E-state index in [0.29, 0.717) is 23.4 Å². The maximum absolute atomic E-state index is 6.35. The van der Waals surface area contributed by atoms with E-state index in [0.717, 1.165) is 23.2 Å². The zero-order valence-corrected chi connectivity index (χ0v) is 17.9. The van der Waals surface area contributed by atoms with Crippen LogP contribution in [-0.2, 0) is 11.8 Å². The van der Waals surface area contributed by atoms with Crippen LogP contribution in [0.4, 0.5) is 11.6 Å². The van der Waals surface area contributed by atoms with Crippen molar-refractivity contribution in [2.75, 3.05) is 10.6 Å². The van der Waals surface area contributed by atoms with Gasteiger partial charge in [0, 0.05) is 41.0 Å². The van der Waals surface area contributed by atoms with Crippen molar-refractivity contribution < 1.29 is 0 Å². The molecule has 6 atom stereocenters. The molecule has 6 rings (SSSR count). The third kappa shape index (κ3) is 1.96. The molecular weight excluding hydrogens is 356 g/mol. The first-order valence-electron chi connectivity index (χ1n) is 11.5. The summed E-state index contributed by atoms with van der Waals surface area (Å²) in [4.78, 5) is 12.1. The Morgan fingerprint density at radius 3 is 2.90 bits per heavy atom. The molecule has 29 heavy (non-hydrogen) atoms. The Morgan fingerprint density at radius 2 is 2.10 bits per heavy atom. The molecule has 4 nitrogen and oxygen atoms in total. The van der Waals surface area contributed by atoms with Gasteiger partial charge in [-0.15, -0.1) is 0 Å². The maximum Gasteiger partial charge on any atom is 0.226 e. The van der Waals surface area contributed by atoms with E-state index in [1.807, 2.05) is 12.3 Å². The standard InChI is InChI=1S/C25H32N4/c1-4-9-25-19-13-18(26)6-5-17(19)12-15(2)24(25)10-7-20-22(25)21(14-24)29(20)23-27-11-8-16(3)28-23/h5-6,8,11,13,15,20-22H,4,7,9-10,12,14,26H2,1-3H3/t15?,20?,21-,22?,24?,25?/m0/s1. The molecule has 152 valence electrons.